The normalized spacial score (nSPS) is 14.0. The van der Waals surface area contributed by atoms with Crippen molar-refractivity contribution in [3.05, 3.63) is 53.3 Å². The average molecular weight is 256 g/mol. The Morgan fingerprint density at radius 3 is 2.84 bits per heavy atom. The number of fused-ring (bicyclic) bond motifs is 1. The fraction of sp³-hybridized carbons (Fsp3) is 0.200. The number of aryl methyl sites for hydroxylation is 1. The van der Waals surface area contributed by atoms with Gasteiger partial charge in [0.15, 0.2) is 0 Å². The summed E-state index contributed by atoms with van der Waals surface area (Å²) in [6, 6.07) is 8.56. The molecule has 0 spiro atoms. The monoisotopic (exact) mass is 256 g/mol. The number of furan rings is 1. The summed E-state index contributed by atoms with van der Waals surface area (Å²) in [6.07, 6.45) is 3.18. The van der Waals surface area contributed by atoms with E-state index in [1.807, 2.05) is 6.07 Å². The third kappa shape index (κ3) is 2.42. The molecule has 3 rings (SSSR count). The fourth-order valence-electron chi connectivity index (χ4n) is 2.21. The van der Waals surface area contributed by atoms with Gasteiger partial charge in [-0.05, 0) is 35.7 Å². The Balaban J connectivity index is 1.83. The van der Waals surface area contributed by atoms with Crippen LogP contribution in [0.1, 0.15) is 27.9 Å². The SMILES string of the molecule is O=C1CCc2ccc(C(=O)Oc3ccco3)cc2C1. The zero-order chi connectivity index (χ0) is 13.2. The number of esters is 1. The molecule has 0 atom stereocenters. The van der Waals surface area contributed by atoms with Crippen LogP contribution in [0.5, 0.6) is 5.95 Å². The molecule has 0 unspecified atom stereocenters. The third-order valence-corrected chi connectivity index (χ3v) is 3.19. The molecule has 0 saturated heterocycles. The molecule has 2 aromatic rings. The van der Waals surface area contributed by atoms with Crippen molar-refractivity contribution in [2.45, 2.75) is 19.3 Å². The van der Waals surface area contributed by atoms with E-state index in [1.54, 1.807) is 24.3 Å². The van der Waals surface area contributed by atoms with Crippen molar-refractivity contribution < 1.29 is 18.7 Å². The molecule has 0 radical (unpaired) electrons. The lowest BCUT2D eigenvalue weighted by molar-refractivity contribution is -0.118. The van der Waals surface area contributed by atoms with E-state index in [0.29, 0.717) is 18.4 Å². The predicted octanol–water partition coefficient (Wildman–Crippen LogP) is 2.56. The van der Waals surface area contributed by atoms with Crippen molar-refractivity contribution in [1.29, 1.82) is 0 Å². The number of ether oxygens (including phenoxy) is 1. The molecule has 1 heterocycles. The van der Waals surface area contributed by atoms with Crippen LogP contribution >= 0.6 is 0 Å². The van der Waals surface area contributed by atoms with Crippen molar-refractivity contribution in [3.8, 4) is 5.95 Å². The van der Waals surface area contributed by atoms with Crippen LogP contribution in [0.3, 0.4) is 0 Å². The van der Waals surface area contributed by atoms with Crippen LogP contribution in [0.2, 0.25) is 0 Å². The molecule has 4 heteroatoms. The fourth-order valence-corrected chi connectivity index (χ4v) is 2.21. The van der Waals surface area contributed by atoms with Gasteiger partial charge in [0.2, 0.25) is 0 Å². The van der Waals surface area contributed by atoms with E-state index in [0.717, 1.165) is 17.5 Å². The van der Waals surface area contributed by atoms with Gasteiger partial charge in [0.1, 0.15) is 5.78 Å². The highest BCUT2D eigenvalue weighted by atomic mass is 16.6. The van der Waals surface area contributed by atoms with Crippen molar-refractivity contribution in [3.63, 3.8) is 0 Å². The largest absolute Gasteiger partial charge is 0.434 e. The lowest BCUT2D eigenvalue weighted by Crippen LogP contribution is -2.15. The molecule has 1 aliphatic rings. The molecule has 19 heavy (non-hydrogen) atoms. The summed E-state index contributed by atoms with van der Waals surface area (Å²) in [5.74, 6) is -0.0985. The molecular weight excluding hydrogens is 244 g/mol. The lowest BCUT2D eigenvalue weighted by atomic mass is 9.89. The Morgan fingerprint density at radius 1 is 1.16 bits per heavy atom. The van der Waals surface area contributed by atoms with Crippen LogP contribution in [0, 0.1) is 0 Å². The maximum atomic E-state index is 11.9. The Bertz CT molecular complexity index is 626. The first-order valence-corrected chi connectivity index (χ1v) is 6.11. The molecule has 0 amide bonds. The zero-order valence-electron chi connectivity index (χ0n) is 10.2. The van der Waals surface area contributed by atoms with Gasteiger partial charge < -0.3 is 9.15 Å². The molecular formula is C15H12O4. The second-order valence-electron chi connectivity index (χ2n) is 4.52. The number of hydrogen-bond donors (Lipinski definition) is 0. The van der Waals surface area contributed by atoms with Crippen LogP contribution in [0.4, 0.5) is 0 Å². The standard InChI is InChI=1S/C15H12O4/c16-13-6-5-10-3-4-11(8-12(10)9-13)15(17)19-14-2-1-7-18-14/h1-4,7-8H,5-6,9H2. The van der Waals surface area contributed by atoms with Crippen LogP contribution in [0.25, 0.3) is 0 Å². The highest BCUT2D eigenvalue weighted by Crippen LogP contribution is 2.21. The molecule has 1 aromatic carbocycles. The van der Waals surface area contributed by atoms with Gasteiger partial charge in [-0.1, -0.05) is 6.07 Å². The van der Waals surface area contributed by atoms with Gasteiger partial charge in [-0.15, -0.1) is 0 Å². The van der Waals surface area contributed by atoms with Crippen molar-refractivity contribution in [1.82, 2.24) is 0 Å². The number of rotatable bonds is 2. The summed E-state index contributed by atoms with van der Waals surface area (Å²) in [5, 5.41) is 0. The predicted molar refractivity (Wildman–Crippen MR) is 67.1 cm³/mol. The minimum absolute atomic E-state index is 0.166. The summed E-state index contributed by atoms with van der Waals surface area (Å²) < 4.78 is 10.0. The van der Waals surface area contributed by atoms with E-state index in [4.69, 9.17) is 9.15 Å². The molecule has 0 fully saturated rings. The molecule has 4 nitrogen and oxygen atoms in total. The summed E-state index contributed by atoms with van der Waals surface area (Å²) >= 11 is 0. The number of carbonyl (C=O) groups excluding carboxylic acids is 2. The maximum Gasteiger partial charge on any atom is 0.345 e. The van der Waals surface area contributed by atoms with E-state index in [9.17, 15) is 9.59 Å². The van der Waals surface area contributed by atoms with Crippen molar-refractivity contribution in [2.24, 2.45) is 0 Å². The van der Waals surface area contributed by atoms with E-state index >= 15 is 0 Å². The Kier molecular flexibility index (Phi) is 2.91. The molecule has 0 aliphatic heterocycles. The zero-order valence-corrected chi connectivity index (χ0v) is 10.2. The minimum atomic E-state index is -0.476. The van der Waals surface area contributed by atoms with Gasteiger partial charge in [-0.2, -0.15) is 0 Å². The number of ketones is 1. The van der Waals surface area contributed by atoms with Gasteiger partial charge in [0.05, 0.1) is 11.8 Å². The summed E-state index contributed by atoms with van der Waals surface area (Å²) in [7, 11) is 0. The highest BCUT2D eigenvalue weighted by molar-refractivity contribution is 5.92. The Hall–Kier alpha value is -2.36. The van der Waals surface area contributed by atoms with E-state index in [2.05, 4.69) is 0 Å². The van der Waals surface area contributed by atoms with Gasteiger partial charge in [-0.25, -0.2) is 4.79 Å². The number of benzene rings is 1. The van der Waals surface area contributed by atoms with Crippen LogP contribution in [-0.2, 0) is 17.6 Å². The summed E-state index contributed by atoms with van der Waals surface area (Å²) in [4.78, 5) is 23.3. The summed E-state index contributed by atoms with van der Waals surface area (Å²) in [5.41, 5.74) is 2.49. The smallest absolute Gasteiger partial charge is 0.345 e. The van der Waals surface area contributed by atoms with Crippen LogP contribution in [-0.4, -0.2) is 11.8 Å². The van der Waals surface area contributed by atoms with Gasteiger partial charge >= 0.3 is 5.97 Å². The number of Topliss-reactive ketones (excluding diaryl/α,β-unsaturated/α-hetero) is 1. The quantitative estimate of drug-likeness (QED) is 0.775. The third-order valence-electron chi connectivity index (χ3n) is 3.19. The molecule has 96 valence electrons. The average Bonchev–Trinajstić information content (AvgIpc) is 2.90. The second-order valence-corrected chi connectivity index (χ2v) is 4.52. The first kappa shape index (κ1) is 11.7. The number of hydrogen-bond acceptors (Lipinski definition) is 4. The molecule has 1 aliphatic carbocycles. The minimum Gasteiger partial charge on any atom is -0.434 e. The molecule has 0 saturated carbocycles. The topological polar surface area (TPSA) is 56.5 Å². The number of carbonyl (C=O) groups is 2. The van der Waals surface area contributed by atoms with Crippen LogP contribution < -0.4 is 4.74 Å². The van der Waals surface area contributed by atoms with E-state index < -0.39 is 5.97 Å². The van der Waals surface area contributed by atoms with Crippen molar-refractivity contribution >= 4 is 11.8 Å². The second kappa shape index (κ2) is 4.72. The van der Waals surface area contributed by atoms with E-state index in [-0.39, 0.29) is 11.7 Å². The summed E-state index contributed by atoms with van der Waals surface area (Å²) in [6.45, 7) is 0. The first-order valence-electron chi connectivity index (χ1n) is 6.11. The molecule has 1 aromatic heterocycles. The molecule has 0 N–H and O–H groups in total. The van der Waals surface area contributed by atoms with Gasteiger partial charge in [-0.3, -0.25) is 4.79 Å². The maximum absolute atomic E-state index is 11.9. The first-order chi connectivity index (χ1) is 9.22. The Morgan fingerprint density at radius 2 is 2.05 bits per heavy atom. The van der Waals surface area contributed by atoms with Crippen LogP contribution in [0.15, 0.2) is 41.0 Å². The lowest BCUT2D eigenvalue weighted by Gasteiger charge is -2.15. The van der Waals surface area contributed by atoms with Crippen molar-refractivity contribution in [2.75, 3.05) is 0 Å². The van der Waals surface area contributed by atoms with E-state index in [1.165, 1.54) is 6.26 Å². The van der Waals surface area contributed by atoms with Gasteiger partial charge in [0, 0.05) is 18.9 Å². The van der Waals surface area contributed by atoms with Gasteiger partial charge in [0.25, 0.3) is 5.95 Å². The molecule has 0 bridgehead atoms. The highest BCUT2D eigenvalue weighted by Gasteiger charge is 2.18. The Labute approximate surface area is 110 Å².